The summed E-state index contributed by atoms with van der Waals surface area (Å²) in [5.74, 6) is 0.0876. The van der Waals surface area contributed by atoms with Crippen molar-refractivity contribution in [2.24, 2.45) is 0 Å². The van der Waals surface area contributed by atoms with E-state index < -0.39 is 10.0 Å². The number of halogens is 1. The van der Waals surface area contributed by atoms with Gasteiger partial charge in [-0.05, 0) is 52.7 Å². The van der Waals surface area contributed by atoms with Crippen molar-refractivity contribution < 1.29 is 13.5 Å². The van der Waals surface area contributed by atoms with Crippen LogP contribution in [-0.4, -0.2) is 18.5 Å². The summed E-state index contributed by atoms with van der Waals surface area (Å²) >= 11 is 3.18. The zero-order valence-corrected chi connectivity index (χ0v) is 12.4. The van der Waals surface area contributed by atoms with Gasteiger partial charge in [0, 0.05) is 16.9 Å². The van der Waals surface area contributed by atoms with E-state index in [9.17, 15) is 13.5 Å². The number of nitrogens with one attached hydrogen (secondary N) is 1. The predicted molar refractivity (Wildman–Crippen MR) is 75.6 cm³/mol. The minimum Gasteiger partial charge on any atom is -0.508 e. The van der Waals surface area contributed by atoms with Crippen LogP contribution in [-0.2, 0) is 10.0 Å². The quantitative estimate of drug-likeness (QED) is 0.840. The van der Waals surface area contributed by atoms with E-state index in [0.717, 1.165) is 0 Å². The molecule has 1 aromatic carbocycles. The second-order valence-corrected chi connectivity index (χ2v) is 6.54. The number of rotatable bonds is 3. The van der Waals surface area contributed by atoms with Crippen molar-refractivity contribution in [1.29, 1.82) is 0 Å². The molecule has 2 aromatic rings. The molecule has 0 bridgehead atoms. The number of aryl methyl sites for hydroxylation is 1. The molecule has 2 N–H and O–H groups in total. The maximum absolute atomic E-state index is 12.2. The fourth-order valence-electron chi connectivity index (χ4n) is 1.51. The van der Waals surface area contributed by atoms with Crippen LogP contribution in [0, 0.1) is 6.92 Å². The molecule has 0 aliphatic heterocycles. The lowest BCUT2D eigenvalue weighted by atomic mass is 10.2. The minimum absolute atomic E-state index is 0.0642. The first-order valence-corrected chi connectivity index (χ1v) is 7.59. The number of phenols is 1. The topological polar surface area (TPSA) is 79.3 Å². The molecule has 0 amide bonds. The fraction of sp³-hybridized carbons (Fsp3) is 0.0833. The van der Waals surface area contributed by atoms with Crippen molar-refractivity contribution in [3.63, 3.8) is 0 Å². The summed E-state index contributed by atoms with van der Waals surface area (Å²) in [6, 6.07) is 5.87. The molecule has 2 rings (SSSR count). The number of aromatic nitrogens is 1. The number of sulfonamides is 1. The highest BCUT2D eigenvalue weighted by Crippen LogP contribution is 2.23. The van der Waals surface area contributed by atoms with Gasteiger partial charge in [0.1, 0.15) is 10.6 Å². The summed E-state index contributed by atoms with van der Waals surface area (Å²) in [6.45, 7) is 1.71. The van der Waals surface area contributed by atoms with E-state index >= 15 is 0 Å². The zero-order chi connectivity index (χ0) is 14.0. The van der Waals surface area contributed by atoms with Crippen LogP contribution >= 0.6 is 15.9 Å². The Kier molecular flexibility index (Phi) is 3.77. The number of aromatic hydroxyl groups is 1. The van der Waals surface area contributed by atoms with Crippen LogP contribution < -0.4 is 4.72 Å². The Balaban J connectivity index is 2.36. The molecule has 0 unspecified atom stereocenters. The van der Waals surface area contributed by atoms with Gasteiger partial charge in [0.15, 0.2) is 0 Å². The van der Waals surface area contributed by atoms with E-state index in [1.54, 1.807) is 6.92 Å². The molecule has 7 heteroatoms. The molecule has 0 saturated carbocycles. The highest BCUT2D eigenvalue weighted by Gasteiger charge is 2.16. The van der Waals surface area contributed by atoms with Crippen LogP contribution in [0.2, 0.25) is 0 Å². The van der Waals surface area contributed by atoms with Gasteiger partial charge in [-0.2, -0.15) is 0 Å². The number of benzene rings is 1. The molecule has 0 fully saturated rings. The number of pyridine rings is 1. The second kappa shape index (κ2) is 5.18. The van der Waals surface area contributed by atoms with Gasteiger partial charge in [-0.1, -0.05) is 0 Å². The summed E-state index contributed by atoms with van der Waals surface area (Å²) in [4.78, 5) is 3.89. The predicted octanol–water partition coefficient (Wildman–Crippen LogP) is 2.66. The molecule has 19 heavy (non-hydrogen) atoms. The molecule has 1 heterocycles. The van der Waals surface area contributed by atoms with Crippen molar-refractivity contribution in [3.05, 3.63) is 46.7 Å². The Morgan fingerprint density at radius 3 is 2.63 bits per heavy atom. The Morgan fingerprint density at radius 1 is 1.26 bits per heavy atom. The van der Waals surface area contributed by atoms with E-state index in [2.05, 4.69) is 25.6 Å². The van der Waals surface area contributed by atoms with Crippen LogP contribution in [0.25, 0.3) is 0 Å². The molecule has 1 aromatic heterocycles. The normalized spacial score (nSPS) is 11.3. The van der Waals surface area contributed by atoms with E-state index in [1.807, 2.05) is 0 Å². The summed E-state index contributed by atoms with van der Waals surface area (Å²) in [7, 11) is -3.70. The third-order valence-electron chi connectivity index (χ3n) is 2.44. The van der Waals surface area contributed by atoms with Crippen molar-refractivity contribution >= 4 is 31.6 Å². The zero-order valence-electron chi connectivity index (χ0n) is 9.96. The first kappa shape index (κ1) is 13.8. The van der Waals surface area contributed by atoms with Gasteiger partial charge in [0.05, 0.1) is 5.69 Å². The van der Waals surface area contributed by atoms with Crippen molar-refractivity contribution in [2.45, 2.75) is 11.8 Å². The lowest BCUT2D eigenvalue weighted by Crippen LogP contribution is -2.14. The molecule has 100 valence electrons. The first-order valence-electron chi connectivity index (χ1n) is 5.31. The molecular weight excluding hydrogens is 332 g/mol. The van der Waals surface area contributed by atoms with Crippen LogP contribution in [0.15, 0.2) is 46.0 Å². The van der Waals surface area contributed by atoms with Gasteiger partial charge < -0.3 is 5.11 Å². The molecule has 0 saturated heterocycles. The van der Waals surface area contributed by atoms with Crippen LogP contribution in [0.1, 0.15) is 5.56 Å². The van der Waals surface area contributed by atoms with Gasteiger partial charge in [-0.15, -0.1) is 0 Å². The lowest BCUT2D eigenvalue weighted by molar-refractivity contribution is 0.475. The van der Waals surface area contributed by atoms with Gasteiger partial charge in [0.2, 0.25) is 0 Å². The third kappa shape index (κ3) is 3.24. The van der Waals surface area contributed by atoms with E-state index in [-0.39, 0.29) is 10.6 Å². The van der Waals surface area contributed by atoms with Gasteiger partial charge in [0.25, 0.3) is 10.0 Å². The molecular formula is C12H11BrN2O3S. The second-order valence-electron chi connectivity index (χ2n) is 3.94. The van der Waals surface area contributed by atoms with E-state index in [0.29, 0.717) is 15.7 Å². The average Bonchev–Trinajstić information content (AvgIpc) is 2.33. The fourth-order valence-corrected chi connectivity index (χ4v) is 3.14. The van der Waals surface area contributed by atoms with Gasteiger partial charge in [-0.3, -0.25) is 9.71 Å². The number of phenolic OH excluding ortho intramolecular Hbond substituents is 1. The van der Waals surface area contributed by atoms with E-state index in [4.69, 9.17) is 0 Å². The lowest BCUT2D eigenvalue weighted by Gasteiger charge is -2.10. The molecule has 0 atom stereocenters. The highest BCUT2D eigenvalue weighted by atomic mass is 79.9. The summed E-state index contributed by atoms with van der Waals surface area (Å²) in [5.41, 5.74) is 1.05. The van der Waals surface area contributed by atoms with Crippen LogP contribution in [0.5, 0.6) is 5.75 Å². The monoisotopic (exact) mass is 342 g/mol. The Hall–Kier alpha value is -1.60. The van der Waals surface area contributed by atoms with Gasteiger partial charge in [-0.25, -0.2) is 8.42 Å². The van der Waals surface area contributed by atoms with Crippen LogP contribution in [0.4, 0.5) is 5.69 Å². The molecule has 0 aliphatic carbocycles. The number of hydrogen-bond acceptors (Lipinski definition) is 4. The third-order valence-corrected chi connectivity index (χ3v) is 4.21. The Morgan fingerprint density at radius 2 is 2.00 bits per heavy atom. The number of hydrogen-bond donors (Lipinski definition) is 2. The molecule has 0 aliphatic rings. The maximum atomic E-state index is 12.2. The summed E-state index contributed by atoms with van der Waals surface area (Å²) in [6.07, 6.45) is 2.77. The first-order chi connectivity index (χ1) is 8.88. The Bertz CT molecular complexity index is 717. The van der Waals surface area contributed by atoms with Crippen molar-refractivity contribution in [2.75, 3.05) is 4.72 Å². The summed E-state index contributed by atoms with van der Waals surface area (Å²) < 4.78 is 27.4. The Labute approximate surface area is 119 Å². The molecule has 5 nitrogen and oxygen atoms in total. The smallest absolute Gasteiger partial charge is 0.263 e. The SMILES string of the molecule is Cc1cc(O)ccc1NS(=O)(=O)c1cncc(Br)c1. The largest absolute Gasteiger partial charge is 0.508 e. The molecule has 0 spiro atoms. The summed E-state index contributed by atoms with van der Waals surface area (Å²) in [5, 5.41) is 9.30. The number of anilines is 1. The van der Waals surface area contributed by atoms with Crippen molar-refractivity contribution in [1.82, 2.24) is 4.98 Å². The van der Waals surface area contributed by atoms with Crippen LogP contribution in [0.3, 0.4) is 0 Å². The van der Waals surface area contributed by atoms with Crippen molar-refractivity contribution in [3.8, 4) is 5.75 Å². The van der Waals surface area contributed by atoms with Gasteiger partial charge >= 0.3 is 0 Å². The van der Waals surface area contributed by atoms with E-state index in [1.165, 1.54) is 36.7 Å². The minimum atomic E-state index is -3.70. The maximum Gasteiger partial charge on any atom is 0.263 e. The molecule has 0 radical (unpaired) electrons. The average molecular weight is 343 g/mol. The standard InChI is InChI=1S/C12H11BrN2O3S/c1-8-4-10(16)2-3-12(8)15-19(17,18)11-5-9(13)6-14-7-11/h2-7,15-16H,1H3. The highest BCUT2D eigenvalue weighted by molar-refractivity contribution is 9.10. The number of nitrogens with zero attached hydrogens (tertiary/aromatic N) is 1.